The third-order valence-electron chi connectivity index (χ3n) is 1.97. The van der Waals surface area contributed by atoms with Gasteiger partial charge in [-0.2, -0.15) is 0 Å². The fraction of sp³-hybridized carbons (Fsp3) is 0.0909. The first-order valence-corrected chi connectivity index (χ1v) is 4.47. The number of esters is 1. The van der Waals surface area contributed by atoms with E-state index in [0.717, 1.165) is 0 Å². The summed E-state index contributed by atoms with van der Waals surface area (Å²) in [6.07, 6.45) is 0. The van der Waals surface area contributed by atoms with E-state index in [1.54, 1.807) is 0 Å². The fourth-order valence-corrected chi connectivity index (χ4v) is 1.10. The molecule has 0 atom stereocenters. The van der Waals surface area contributed by atoms with E-state index in [4.69, 9.17) is 5.11 Å². The highest BCUT2D eigenvalue weighted by Gasteiger charge is 2.23. The van der Waals surface area contributed by atoms with Crippen molar-refractivity contribution in [2.75, 3.05) is 7.11 Å². The molecule has 0 fully saturated rings. The molecule has 0 aromatic heterocycles. The molecular weight excluding hydrogens is 228 g/mol. The Bertz CT molecular complexity index is 485. The van der Waals surface area contributed by atoms with Crippen LogP contribution in [-0.2, 0) is 14.3 Å². The number of carbonyl (C=O) groups excluding carboxylic acids is 3. The van der Waals surface area contributed by atoms with Gasteiger partial charge in [-0.05, 0) is 12.1 Å². The second-order valence-electron chi connectivity index (χ2n) is 3.03. The minimum atomic E-state index is -1.81. The molecule has 0 unspecified atom stereocenters. The molecule has 6 nitrogen and oxygen atoms in total. The van der Waals surface area contributed by atoms with Crippen LogP contribution in [0.15, 0.2) is 24.3 Å². The molecule has 0 heterocycles. The van der Waals surface area contributed by atoms with E-state index in [1.165, 1.54) is 31.4 Å². The Labute approximate surface area is 95.8 Å². The van der Waals surface area contributed by atoms with Crippen molar-refractivity contribution in [2.45, 2.75) is 0 Å². The van der Waals surface area contributed by atoms with Gasteiger partial charge in [0.15, 0.2) is 0 Å². The minimum Gasteiger partial charge on any atom is -0.475 e. The Morgan fingerprint density at radius 3 is 1.88 bits per heavy atom. The Hall–Kier alpha value is -2.50. The molecule has 0 saturated heterocycles. The predicted octanol–water partition coefficient (Wildman–Crippen LogP) is 0.310. The summed E-state index contributed by atoms with van der Waals surface area (Å²) in [5.41, 5.74) is 0.108. The van der Waals surface area contributed by atoms with E-state index in [1.807, 2.05) is 0 Å². The van der Waals surface area contributed by atoms with Crippen molar-refractivity contribution < 1.29 is 29.0 Å². The summed E-state index contributed by atoms with van der Waals surface area (Å²) >= 11 is 0. The minimum absolute atomic E-state index is 0.0925. The molecule has 1 aromatic rings. The number of benzene rings is 1. The van der Waals surface area contributed by atoms with Gasteiger partial charge in [-0.3, -0.25) is 9.59 Å². The molecule has 0 radical (unpaired) electrons. The van der Waals surface area contributed by atoms with Crippen molar-refractivity contribution in [1.82, 2.24) is 0 Å². The molecule has 6 heteroatoms. The predicted molar refractivity (Wildman–Crippen MR) is 54.8 cm³/mol. The summed E-state index contributed by atoms with van der Waals surface area (Å²) in [7, 11) is 1.20. The molecule has 1 N–H and O–H groups in total. The lowest BCUT2D eigenvalue weighted by Crippen LogP contribution is -2.23. The Kier molecular flexibility index (Phi) is 3.71. The number of rotatable bonds is 4. The molecule has 0 aliphatic heterocycles. The number of carbonyl (C=O) groups is 4. The molecule has 0 aliphatic carbocycles. The average Bonchev–Trinajstić information content (AvgIpc) is 2.36. The lowest BCUT2D eigenvalue weighted by Gasteiger charge is -2.00. The number of Topliss-reactive ketones (excluding diaryl/α,β-unsaturated/α-hetero) is 2. The maximum absolute atomic E-state index is 11.3. The molecule has 17 heavy (non-hydrogen) atoms. The van der Waals surface area contributed by atoms with Gasteiger partial charge in [0.1, 0.15) is 0 Å². The molecule has 88 valence electrons. The van der Waals surface area contributed by atoms with Gasteiger partial charge < -0.3 is 9.84 Å². The Morgan fingerprint density at radius 2 is 1.47 bits per heavy atom. The van der Waals surface area contributed by atoms with E-state index in [2.05, 4.69) is 4.74 Å². The van der Waals surface area contributed by atoms with Crippen molar-refractivity contribution in [3.63, 3.8) is 0 Å². The third kappa shape index (κ3) is 2.75. The van der Waals surface area contributed by atoms with Crippen LogP contribution in [0.4, 0.5) is 0 Å². The summed E-state index contributed by atoms with van der Waals surface area (Å²) in [5.74, 6) is -5.05. The number of methoxy groups -OCH3 is 1. The molecule has 0 bridgehead atoms. The maximum Gasteiger partial charge on any atom is 0.380 e. The van der Waals surface area contributed by atoms with Gasteiger partial charge >= 0.3 is 17.7 Å². The fourth-order valence-electron chi connectivity index (χ4n) is 1.10. The number of ketones is 2. The first kappa shape index (κ1) is 12.6. The van der Waals surface area contributed by atoms with Crippen LogP contribution in [0.3, 0.4) is 0 Å². The lowest BCUT2D eigenvalue weighted by molar-refractivity contribution is -0.146. The van der Waals surface area contributed by atoms with E-state index in [0.29, 0.717) is 0 Å². The van der Waals surface area contributed by atoms with Crippen LogP contribution in [0.25, 0.3) is 0 Å². The van der Waals surface area contributed by atoms with Crippen LogP contribution < -0.4 is 0 Å². The Morgan fingerprint density at radius 1 is 1.00 bits per heavy atom. The monoisotopic (exact) mass is 236 g/mol. The normalized spacial score (nSPS) is 9.47. The van der Waals surface area contributed by atoms with Crippen LogP contribution >= 0.6 is 0 Å². The second kappa shape index (κ2) is 5.02. The number of hydrogen-bond donors (Lipinski definition) is 1. The highest BCUT2D eigenvalue weighted by atomic mass is 16.5. The van der Waals surface area contributed by atoms with E-state index in [9.17, 15) is 19.2 Å². The van der Waals surface area contributed by atoms with E-state index >= 15 is 0 Å². The van der Waals surface area contributed by atoms with E-state index < -0.39 is 23.5 Å². The molecule has 1 rings (SSSR count). The summed E-state index contributed by atoms with van der Waals surface area (Å²) in [6, 6.07) is 4.92. The van der Waals surface area contributed by atoms with Gasteiger partial charge in [0.05, 0.1) is 12.7 Å². The molecule has 0 spiro atoms. The topological polar surface area (TPSA) is 97.7 Å². The maximum atomic E-state index is 11.3. The van der Waals surface area contributed by atoms with Crippen molar-refractivity contribution in [2.24, 2.45) is 0 Å². The van der Waals surface area contributed by atoms with Gasteiger partial charge in [-0.1, -0.05) is 12.1 Å². The average molecular weight is 236 g/mol. The standard InChI is InChI=1S/C11H8O6/c1-17-11(16)7-4-2-6(3-5-7)8(12)9(13)10(14)15/h2-5H,1H3,(H,14,15). The van der Waals surface area contributed by atoms with Crippen LogP contribution in [0.2, 0.25) is 0 Å². The van der Waals surface area contributed by atoms with E-state index in [-0.39, 0.29) is 11.1 Å². The van der Waals surface area contributed by atoms with Crippen molar-refractivity contribution in [3.05, 3.63) is 35.4 Å². The van der Waals surface area contributed by atoms with Crippen LogP contribution in [-0.4, -0.2) is 35.7 Å². The first-order valence-electron chi connectivity index (χ1n) is 4.47. The highest BCUT2D eigenvalue weighted by Crippen LogP contribution is 2.07. The number of ether oxygens (including phenoxy) is 1. The zero-order chi connectivity index (χ0) is 13.0. The number of carboxylic acid groups (broad SMARTS) is 1. The van der Waals surface area contributed by atoms with Crippen LogP contribution in [0, 0.1) is 0 Å². The number of carboxylic acids is 1. The van der Waals surface area contributed by atoms with Gasteiger partial charge in [0.25, 0.3) is 0 Å². The first-order chi connectivity index (χ1) is 7.97. The Balaban J connectivity index is 2.95. The van der Waals surface area contributed by atoms with Crippen molar-refractivity contribution in [3.8, 4) is 0 Å². The summed E-state index contributed by atoms with van der Waals surface area (Å²) in [5, 5.41) is 8.35. The SMILES string of the molecule is COC(=O)c1ccc(C(=O)C(=O)C(=O)O)cc1. The number of aliphatic carboxylic acids is 1. The van der Waals surface area contributed by atoms with Gasteiger partial charge in [-0.15, -0.1) is 0 Å². The number of hydrogen-bond acceptors (Lipinski definition) is 5. The largest absolute Gasteiger partial charge is 0.475 e. The van der Waals surface area contributed by atoms with Crippen LogP contribution in [0.5, 0.6) is 0 Å². The summed E-state index contributed by atoms with van der Waals surface area (Å²) in [6.45, 7) is 0. The van der Waals surface area contributed by atoms with Gasteiger partial charge in [0, 0.05) is 5.56 Å². The molecule has 0 amide bonds. The second-order valence-corrected chi connectivity index (χ2v) is 3.03. The molecular formula is C11H8O6. The zero-order valence-electron chi connectivity index (χ0n) is 8.80. The van der Waals surface area contributed by atoms with Gasteiger partial charge in [0.2, 0.25) is 5.78 Å². The van der Waals surface area contributed by atoms with Gasteiger partial charge in [-0.25, -0.2) is 9.59 Å². The molecule has 0 saturated carbocycles. The molecule has 1 aromatic carbocycles. The van der Waals surface area contributed by atoms with Crippen LogP contribution in [0.1, 0.15) is 20.7 Å². The smallest absolute Gasteiger partial charge is 0.380 e. The molecule has 0 aliphatic rings. The summed E-state index contributed by atoms with van der Waals surface area (Å²) < 4.78 is 4.44. The third-order valence-corrected chi connectivity index (χ3v) is 1.97. The quantitative estimate of drug-likeness (QED) is 0.349. The van der Waals surface area contributed by atoms with Crippen molar-refractivity contribution >= 4 is 23.5 Å². The van der Waals surface area contributed by atoms with Crippen molar-refractivity contribution in [1.29, 1.82) is 0 Å². The summed E-state index contributed by atoms with van der Waals surface area (Å²) in [4.78, 5) is 43.5. The lowest BCUT2D eigenvalue weighted by atomic mass is 10.1. The zero-order valence-corrected chi connectivity index (χ0v) is 8.80. The highest BCUT2D eigenvalue weighted by molar-refractivity contribution is 6.65.